The van der Waals surface area contributed by atoms with Crippen molar-refractivity contribution < 1.29 is 4.79 Å². The van der Waals surface area contributed by atoms with Crippen LogP contribution >= 0.6 is 11.6 Å². The summed E-state index contributed by atoms with van der Waals surface area (Å²) >= 11 is 6.48. The lowest BCUT2D eigenvalue weighted by Gasteiger charge is -2.14. The van der Waals surface area contributed by atoms with E-state index in [9.17, 15) is 14.9 Å². The molecule has 0 saturated heterocycles. The highest BCUT2D eigenvalue weighted by Gasteiger charge is 2.19. The van der Waals surface area contributed by atoms with Crippen LogP contribution in [0.5, 0.6) is 0 Å². The molecule has 0 radical (unpaired) electrons. The van der Waals surface area contributed by atoms with Crippen LogP contribution in [0.4, 0.5) is 5.69 Å². The molecule has 1 heterocycles. The first-order valence-electron chi connectivity index (χ1n) is 10.1. The topological polar surface area (TPSA) is 87.8 Å². The second-order valence-corrected chi connectivity index (χ2v) is 7.59. The maximum absolute atomic E-state index is 13.0. The Labute approximate surface area is 189 Å². The number of aryl methyl sites for hydroxylation is 1. The zero-order chi connectivity index (χ0) is 22.7. The van der Waals surface area contributed by atoms with Gasteiger partial charge in [-0.25, -0.2) is 4.68 Å². The average Bonchev–Trinajstić information content (AvgIpc) is 2.82. The largest absolute Gasteiger partial charge is 0.321 e. The predicted octanol–water partition coefficient (Wildman–Crippen LogP) is 4.98. The number of carbonyl (C=O) groups excluding carboxylic acids is 1. The second kappa shape index (κ2) is 9.04. The molecule has 0 aliphatic carbocycles. The summed E-state index contributed by atoms with van der Waals surface area (Å²) in [6.45, 7) is 2.14. The van der Waals surface area contributed by atoms with Gasteiger partial charge in [-0.2, -0.15) is 10.4 Å². The minimum Gasteiger partial charge on any atom is -0.321 e. The maximum Gasteiger partial charge on any atom is 0.276 e. The van der Waals surface area contributed by atoms with Crippen LogP contribution in [0.2, 0.25) is 5.02 Å². The lowest BCUT2D eigenvalue weighted by Crippen LogP contribution is -2.27. The molecule has 4 aromatic rings. The third-order valence-corrected chi connectivity index (χ3v) is 5.54. The standard InChI is InChI=1S/C25H19ClN4O2/c1-2-30-25(32)20-11-7-6-10-19(20)23(29-30)24(31)28-17-12-13-18(22(26)14-17)21(15-27)16-8-4-3-5-9-16/h3-14,21H,2H2,1H3,(H,28,31). The van der Waals surface area contributed by atoms with Gasteiger partial charge in [0.2, 0.25) is 0 Å². The third-order valence-electron chi connectivity index (χ3n) is 5.21. The molecule has 0 fully saturated rings. The molecule has 32 heavy (non-hydrogen) atoms. The lowest BCUT2D eigenvalue weighted by atomic mass is 9.92. The molecule has 1 unspecified atom stereocenters. The molecule has 6 nitrogen and oxygen atoms in total. The molecule has 1 aromatic heterocycles. The fourth-order valence-electron chi connectivity index (χ4n) is 3.62. The molecule has 0 aliphatic rings. The normalized spacial score (nSPS) is 11.7. The number of nitriles is 1. The van der Waals surface area contributed by atoms with Gasteiger partial charge in [0.15, 0.2) is 5.69 Å². The van der Waals surface area contributed by atoms with Gasteiger partial charge in [0.1, 0.15) is 0 Å². The molecule has 0 spiro atoms. The van der Waals surface area contributed by atoms with Gasteiger partial charge in [-0.15, -0.1) is 0 Å². The van der Waals surface area contributed by atoms with Gasteiger partial charge in [-0.05, 0) is 36.2 Å². The van der Waals surface area contributed by atoms with Gasteiger partial charge in [-0.3, -0.25) is 9.59 Å². The van der Waals surface area contributed by atoms with Crippen molar-refractivity contribution in [3.05, 3.63) is 105 Å². The van der Waals surface area contributed by atoms with Crippen molar-refractivity contribution in [1.29, 1.82) is 5.26 Å². The van der Waals surface area contributed by atoms with Crippen LogP contribution in [0.1, 0.15) is 34.5 Å². The first-order chi connectivity index (χ1) is 15.5. The number of aromatic nitrogens is 2. The summed E-state index contributed by atoms with van der Waals surface area (Å²) in [4.78, 5) is 25.5. The van der Waals surface area contributed by atoms with Crippen LogP contribution in [0, 0.1) is 11.3 Å². The van der Waals surface area contributed by atoms with Gasteiger partial charge in [-0.1, -0.05) is 66.2 Å². The minimum absolute atomic E-state index is 0.154. The number of carbonyl (C=O) groups is 1. The Bertz CT molecular complexity index is 1410. The number of fused-ring (bicyclic) bond motifs is 1. The molecule has 0 saturated carbocycles. The molecule has 7 heteroatoms. The smallest absolute Gasteiger partial charge is 0.276 e. The number of nitrogens with one attached hydrogen (secondary N) is 1. The first-order valence-corrected chi connectivity index (χ1v) is 10.5. The first kappa shape index (κ1) is 21.3. The van der Waals surface area contributed by atoms with Crippen LogP contribution in [-0.2, 0) is 6.54 Å². The molecule has 1 atom stereocenters. The van der Waals surface area contributed by atoms with E-state index in [0.717, 1.165) is 5.56 Å². The van der Waals surface area contributed by atoms with E-state index in [1.807, 2.05) is 30.3 Å². The van der Waals surface area contributed by atoms with E-state index in [2.05, 4.69) is 16.5 Å². The lowest BCUT2D eigenvalue weighted by molar-refractivity contribution is 0.102. The summed E-state index contributed by atoms with van der Waals surface area (Å²) in [5, 5.41) is 18.0. The maximum atomic E-state index is 13.0. The molecular weight excluding hydrogens is 424 g/mol. The van der Waals surface area contributed by atoms with E-state index in [-0.39, 0.29) is 11.3 Å². The fraction of sp³-hybridized carbons (Fsp3) is 0.120. The zero-order valence-corrected chi connectivity index (χ0v) is 18.0. The number of anilines is 1. The van der Waals surface area contributed by atoms with E-state index >= 15 is 0 Å². The molecule has 4 rings (SSSR count). The number of amides is 1. The third kappa shape index (κ3) is 3.98. The molecule has 1 N–H and O–H groups in total. The molecule has 0 aliphatic heterocycles. The Hall–Kier alpha value is -3.95. The van der Waals surface area contributed by atoms with E-state index in [1.165, 1.54) is 4.68 Å². The van der Waals surface area contributed by atoms with E-state index < -0.39 is 11.8 Å². The Kier molecular flexibility index (Phi) is 6.02. The highest BCUT2D eigenvalue weighted by Crippen LogP contribution is 2.32. The summed E-state index contributed by atoms with van der Waals surface area (Å²) < 4.78 is 1.27. The summed E-state index contributed by atoms with van der Waals surface area (Å²) in [5.41, 5.74) is 1.87. The van der Waals surface area contributed by atoms with Crippen molar-refractivity contribution in [2.75, 3.05) is 5.32 Å². The average molecular weight is 443 g/mol. The highest BCUT2D eigenvalue weighted by molar-refractivity contribution is 6.32. The fourth-order valence-corrected chi connectivity index (χ4v) is 3.91. The van der Waals surface area contributed by atoms with Crippen molar-refractivity contribution in [3.63, 3.8) is 0 Å². The van der Waals surface area contributed by atoms with Crippen LogP contribution in [-0.4, -0.2) is 15.7 Å². The minimum atomic E-state index is -0.521. The SMILES string of the molecule is CCn1nc(C(=O)Nc2ccc(C(C#N)c3ccccc3)c(Cl)c2)c2ccccc2c1=O. The molecule has 3 aromatic carbocycles. The van der Waals surface area contributed by atoms with E-state index in [0.29, 0.717) is 33.6 Å². The number of halogens is 1. The Morgan fingerprint density at radius 3 is 2.44 bits per heavy atom. The highest BCUT2D eigenvalue weighted by atomic mass is 35.5. The predicted molar refractivity (Wildman–Crippen MR) is 125 cm³/mol. The van der Waals surface area contributed by atoms with Crippen LogP contribution in [0.15, 0.2) is 77.6 Å². The molecule has 0 bridgehead atoms. The van der Waals surface area contributed by atoms with Gasteiger partial charge in [0.05, 0.1) is 17.4 Å². The number of nitrogens with zero attached hydrogens (tertiary/aromatic N) is 3. The van der Waals surface area contributed by atoms with Crippen LogP contribution < -0.4 is 10.9 Å². The van der Waals surface area contributed by atoms with Crippen molar-refractivity contribution >= 4 is 34.0 Å². The number of benzene rings is 3. The van der Waals surface area contributed by atoms with Crippen molar-refractivity contribution in [2.45, 2.75) is 19.4 Å². The number of hydrogen-bond acceptors (Lipinski definition) is 4. The Balaban J connectivity index is 1.67. The van der Waals surface area contributed by atoms with Crippen molar-refractivity contribution in [3.8, 4) is 6.07 Å². The van der Waals surface area contributed by atoms with Gasteiger partial charge >= 0.3 is 0 Å². The Morgan fingerprint density at radius 1 is 1.09 bits per heavy atom. The van der Waals surface area contributed by atoms with E-state index in [1.54, 1.807) is 49.4 Å². The molecular formula is C25H19ClN4O2. The summed E-state index contributed by atoms with van der Waals surface area (Å²) in [6.07, 6.45) is 0. The number of rotatable bonds is 5. The summed E-state index contributed by atoms with van der Waals surface area (Å²) in [5.74, 6) is -0.973. The Morgan fingerprint density at radius 2 is 1.78 bits per heavy atom. The number of hydrogen-bond donors (Lipinski definition) is 1. The van der Waals surface area contributed by atoms with Crippen LogP contribution in [0.25, 0.3) is 10.8 Å². The zero-order valence-electron chi connectivity index (χ0n) is 17.2. The quantitative estimate of drug-likeness (QED) is 0.472. The van der Waals surface area contributed by atoms with Crippen molar-refractivity contribution in [2.24, 2.45) is 0 Å². The second-order valence-electron chi connectivity index (χ2n) is 7.18. The van der Waals surface area contributed by atoms with Gasteiger partial charge in [0.25, 0.3) is 11.5 Å². The van der Waals surface area contributed by atoms with Gasteiger partial charge < -0.3 is 5.32 Å². The van der Waals surface area contributed by atoms with Crippen LogP contribution in [0.3, 0.4) is 0 Å². The molecule has 1 amide bonds. The monoisotopic (exact) mass is 442 g/mol. The van der Waals surface area contributed by atoms with Gasteiger partial charge in [0, 0.05) is 22.6 Å². The molecule has 158 valence electrons. The van der Waals surface area contributed by atoms with E-state index in [4.69, 9.17) is 11.6 Å². The summed E-state index contributed by atoms with van der Waals surface area (Å²) in [6, 6.07) is 23.6. The summed E-state index contributed by atoms with van der Waals surface area (Å²) in [7, 11) is 0. The van der Waals surface area contributed by atoms with Crippen molar-refractivity contribution in [1.82, 2.24) is 9.78 Å².